The van der Waals surface area contributed by atoms with Crippen LogP contribution >= 0.6 is 0 Å². The van der Waals surface area contributed by atoms with Gasteiger partial charge in [0.2, 0.25) is 5.91 Å². The lowest BCUT2D eigenvalue weighted by Gasteiger charge is -2.31. The molecule has 1 fully saturated rings. The number of aliphatic hydroxyl groups is 1. The summed E-state index contributed by atoms with van der Waals surface area (Å²) in [5.41, 5.74) is 0. The third kappa shape index (κ3) is 4.64. The van der Waals surface area contributed by atoms with E-state index in [2.05, 4.69) is 10.6 Å². The molecule has 0 bridgehead atoms. The first-order valence-corrected chi connectivity index (χ1v) is 6.81. The number of carbonyl (C=O) groups excluding carboxylic acids is 1. The number of rotatable bonds is 6. The van der Waals surface area contributed by atoms with E-state index >= 15 is 0 Å². The second kappa shape index (κ2) is 7.67. The fraction of sp³-hybridized carbons (Fsp3) is 0.923. The molecule has 17 heavy (non-hydrogen) atoms. The largest absolute Gasteiger partial charge is 0.396 e. The summed E-state index contributed by atoms with van der Waals surface area (Å²) in [5, 5.41) is 15.6. The Morgan fingerprint density at radius 3 is 2.76 bits per heavy atom. The van der Waals surface area contributed by atoms with E-state index in [0.29, 0.717) is 0 Å². The van der Waals surface area contributed by atoms with Crippen molar-refractivity contribution in [3.63, 3.8) is 0 Å². The van der Waals surface area contributed by atoms with Gasteiger partial charge in [0.05, 0.1) is 0 Å². The maximum atomic E-state index is 11.9. The van der Waals surface area contributed by atoms with Gasteiger partial charge in [-0.1, -0.05) is 26.7 Å². The van der Waals surface area contributed by atoms with Crippen LogP contribution in [-0.2, 0) is 4.79 Å². The van der Waals surface area contributed by atoms with E-state index in [1.165, 1.54) is 6.42 Å². The first kappa shape index (κ1) is 14.5. The summed E-state index contributed by atoms with van der Waals surface area (Å²) in [6, 6.07) is 0.172. The summed E-state index contributed by atoms with van der Waals surface area (Å²) in [6.07, 6.45) is 4.36. The van der Waals surface area contributed by atoms with Gasteiger partial charge in [-0.2, -0.15) is 0 Å². The molecule has 0 aromatic carbocycles. The highest BCUT2D eigenvalue weighted by Crippen LogP contribution is 2.24. The van der Waals surface area contributed by atoms with Crippen LogP contribution < -0.4 is 10.6 Å². The fourth-order valence-electron chi connectivity index (χ4n) is 2.39. The monoisotopic (exact) mass is 242 g/mol. The molecule has 4 heteroatoms. The van der Waals surface area contributed by atoms with E-state index in [4.69, 9.17) is 0 Å². The molecule has 1 rings (SSSR count). The fourth-order valence-corrected chi connectivity index (χ4v) is 2.39. The number of hydrogen-bond acceptors (Lipinski definition) is 3. The van der Waals surface area contributed by atoms with Crippen molar-refractivity contribution in [3.05, 3.63) is 0 Å². The molecule has 100 valence electrons. The van der Waals surface area contributed by atoms with E-state index in [-0.39, 0.29) is 30.4 Å². The Kier molecular flexibility index (Phi) is 6.52. The molecular weight excluding hydrogens is 216 g/mol. The molecule has 0 aliphatic heterocycles. The van der Waals surface area contributed by atoms with Crippen LogP contribution in [0.1, 0.15) is 39.5 Å². The topological polar surface area (TPSA) is 61.4 Å². The minimum absolute atomic E-state index is 0.00350. The average molecular weight is 242 g/mol. The van der Waals surface area contributed by atoms with Crippen LogP contribution in [0.3, 0.4) is 0 Å². The number of carbonyl (C=O) groups is 1. The molecule has 3 N–H and O–H groups in total. The van der Waals surface area contributed by atoms with E-state index in [1.54, 1.807) is 0 Å². The van der Waals surface area contributed by atoms with Crippen molar-refractivity contribution < 1.29 is 9.90 Å². The summed E-state index contributed by atoms with van der Waals surface area (Å²) in [7, 11) is 0. The second-order valence-electron chi connectivity index (χ2n) is 5.05. The molecule has 1 aliphatic carbocycles. The summed E-state index contributed by atoms with van der Waals surface area (Å²) in [6.45, 7) is 5.77. The summed E-state index contributed by atoms with van der Waals surface area (Å²) >= 11 is 0. The zero-order valence-corrected chi connectivity index (χ0v) is 11.0. The summed E-state index contributed by atoms with van der Waals surface area (Å²) in [4.78, 5) is 11.9. The SMILES string of the molecule is CCNCC(C)C(=O)NC1CCCCC1CO. The highest BCUT2D eigenvalue weighted by atomic mass is 16.3. The molecule has 1 saturated carbocycles. The lowest BCUT2D eigenvalue weighted by Crippen LogP contribution is -2.46. The summed E-state index contributed by atoms with van der Waals surface area (Å²) in [5.74, 6) is 0.353. The minimum Gasteiger partial charge on any atom is -0.396 e. The van der Waals surface area contributed by atoms with Gasteiger partial charge in [0, 0.05) is 31.0 Å². The Hall–Kier alpha value is -0.610. The molecule has 0 aromatic heterocycles. The number of amides is 1. The van der Waals surface area contributed by atoms with Crippen LogP contribution in [0.5, 0.6) is 0 Å². The molecule has 1 amide bonds. The average Bonchev–Trinajstić information content (AvgIpc) is 2.36. The maximum Gasteiger partial charge on any atom is 0.224 e. The first-order valence-electron chi connectivity index (χ1n) is 6.81. The Labute approximate surface area is 104 Å². The van der Waals surface area contributed by atoms with Gasteiger partial charge in [-0.15, -0.1) is 0 Å². The molecule has 1 aliphatic rings. The predicted octanol–water partition coefficient (Wildman–Crippen LogP) is 0.899. The van der Waals surface area contributed by atoms with Crippen molar-refractivity contribution in [3.8, 4) is 0 Å². The van der Waals surface area contributed by atoms with E-state index in [0.717, 1.165) is 32.4 Å². The van der Waals surface area contributed by atoms with Crippen molar-refractivity contribution in [2.24, 2.45) is 11.8 Å². The lowest BCUT2D eigenvalue weighted by molar-refractivity contribution is -0.125. The van der Waals surface area contributed by atoms with Gasteiger partial charge in [-0.3, -0.25) is 4.79 Å². The molecule has 0 spiro atoms. The molecule has 3 atom stereocenters. The number of aliphatic hydroxyl groups excluding tert-OH is 1. The normalized spacial score (nSPS) is 26.5. The molecule has 0 saturated heterocycles. The standard InChI is InChI=1S/C13H26N2O2/c1-3-14-8-10(2)13(17)15-12-7-5-4-6-11(12)9-16/h10-12,14,16H,3-9H2,1-2H3,(H,15,17). The van der Waals surface area contributed by atoms with Crippen molar-refractivity contribution in [2.75, 3.05) is 19.7 Å². The van der Waals surface area contributed by atoms with Crippen molar-refractivity contribution in [1.29, 1.82) is 0 Å². The van der Waals surface area contributed by atoms with Crippen LogP contribution in [0.2, 0.25) is 0 Å². The smallest absolute Gasteiger partial charge is 0.224 e. The van der Waals surface area contributed by atoms with Gasteiger partial charge in [0.25, 0.3) is 0 Å². The van der Waals surface area contributed by atoms with Gasteiger partial charge in [-0.25, -0.2) is 0 Å². The van der Waals surface area contributed by atoms with Crippen molar-refractivity contribution >= 4 is 5.91 Å². The molecule has 0 radical (unpaired) electrons. The van der Waals surface area contributed by atoms with E-state index < -0.39 is 0 Å². The second-order valence-corrected chi connectivity index (χ2v) is 5.05. The van der Waals surface area contributed by atoms with Crippen LogP contribution in [0.4, 0.5) is 0 Å². The Balaban J connectivity index is 2.37. The van der Waals surface area contributed by atoms with E-state index in [1.807, 2.05) is 13.8 Å². The number of hydrogen-bond donors (Lipinski definition) is 3. The van der Waals surface area contributed by atoms with E-state index in [9.17, 15) is 9.90 Å². The van der Waals surface area contributed by atoms with Crippen LogP contribution in [0.25, 0.3) is 0 Å². The third-order valence-corrected chi connectivity index (χ3v) is 3.62. The molecule has 0 heterocycles. The predicted molar refractivity (Wildman–Crippen MR) is 68.7 cm³/mol. The minimum atomic E-state index is -0.00350. The summed E-state index contributed by atoms with van der Waals surface area (Å²) < 4.78 is 0. The molecule has 3 unspecified atom stereocenters. The maximum absolute atomic E-state index is 11.9. The first-order chi connectivity index (χ1) is 8.19. The Morgan fingerprint density at radius 2 is 2.12 bits per heavy atom. The van der Waals surface area contributed by atoms with Gasteiger partial charge in [0.1, 0.15) is 0 Å². The Bertz CT molecular complexity index is 233. The van der Waals surface area contributed by atoms with Crippen molar-refractivity contribution in [2.45, 2.75) is 45.6 Å². The zero-order chi connectivity index (χ0) is 12.7. The third-order valence-electron chi connectivity index (χ3n) is 3.62. The Morgan fingerprint density at radius 1 is 1.41 bits per heavy atom. The zero-order valence-electron chi connectivity index (χ0n) is 11.0. The highest BCUT2D eigenvalue weighted by Gasteiger charge is 2.26. The van der Waals surface area contributed by atoms with Crippen LogP contribution in [0, 0.1) is 11.8 Å². The quantitative estimate of drug-likeness (QED) is 0.648. The van der Waals surface area contributed by atoms with Gasteiger partial charge in [0.15, 0.2) is 0 Å². The molecular formula is C13H26N2O2. The highest BCUT2D eigenvalue weighted by molar-refractivity contribution is 5.78. The lowest BCUT2D eigenvalue weighted by atomic mass is 9.85. The van der Waals surface area contributed by atoms with Crippen molar-refractivity contribution in [1.82, 2.24) is 10.6 Å². The van der Waals surface area contributed by atoms with Gasteiger partial charge >= 0.3 is 0 Å². The van der Waals surface area contributed by atoms with Crippen LogP contribution in [-0.4, -0.2) is 36.8 Å². The molecule has 0 aromatic rings. The van der Waals surface area contributed by atoms with Gasteiger partial charge < -0.3 is 15.7 Å². The molecule has 4 nitrogen and oxygen atoms in total. The van der Waals surface area contributed by atoms with Crippen LogP contribution in [0.15, 0.2) is 0 Å². The van der Waals surface area contributed by atoms with Gasteiger partial charge in [-0.05, 0) is 19.4 Å². The number of nitrogens with one attached hydrogen (secondary N) is 2.